The molecule has 0 N–H and O–H groups in total. The summed E-state index contributed by atoms with van der Waals surface area (Å²) in [4.78, 5) is 0. The Morgan fingerprint density at radius 1 is 1.32 bits per heavy atom. The first-order chi connectivity index (χ1) is 10.7. The molecule has 0 saturated heterocycles. The normalized spacial score (nSPS) is 23.2. The lowest BCUT2D eigenvalue weighted by molar-refractivity contribution is 0.265. The predicted molar refractivity (Wildman–Crippen MR) is 88.1 cm³/mol. The molecule has 1 aromatic heterocycles. The molecule has 5 heteroatoms. The molecule has 1 heterocycles. The van der Waals surface area contributed by atoms with Crippen LogP contribution in [0.25, 0.3) is 11.1 Å². The number of nitrogens with zero attached hydrogens (tertiary/aromatic N) is 1. The molecule has 1 spiro atoms. The lowest BCUT2D eigenvalue weighted by atomic mass is 9.80. The van der Waals surface area contributed by atoms with Gasteiger partial charge in [-0.25, -0.2) is 0 Å². The largest absolute Gasteiger partial charge is 0.364 e. The highest BCUT2D eigenvalue weighted by atomic mass is 35.5. The lowest BCUT2D eigenvalue weighted by Crippen LogP contribution is -2.17. The highest BCUT2D eigenvalue weighted by Gasteiger charge is 2.57. The molecule has 3 nitrogen and oxygen atoms in total. The zero-order valence-corrected chi connectivity index (χ0v) is 13.8. The minimum absolute atomic E-state index is 0.473. The van der Waals surface area contributed by atoms with Crippen LogP contribution in [0.2, 0.25) is 5.02 Å². The number of hydrogen-bond donors (Lipinski definition) is 0. The molecule has 2 aromatic rings. The standard InChI is InChI=1S/C17H18ClNO2S/c18-14-4-2-12(3-5-14)15-9-21-19-16(15)11-22(20)10-13-8-17(13)6-1-7-17/h2-5,9,13H,1,6-8,10-11H2. The molecule has 2 unspecified atom stereocenters. The van der Waals surface area contributed by atoms with Crippen LogP contribution in [0.15, 0.2) is 35.1 Å². The topological polar surface area (TPSA) is 43.1 Å². The molecular weight excluding hydrogens is 318 g/mol. The van der Waals surface area contributed by atoms with Crippen LogP contribution in [-0.2, 0) is 16.6 Å². The zero-order chi connectivity index (χ0) is 15.2. The molecule has 2 saturated carbocycles. The Morgan fingerprint density at radius 3 is 2.73 bits per heavy atom. The Hall–Kier alpha value is -1.13. The minimum Gasteiger partial charge on any atom is -0.364 e. The van der Waals surface area contributed by atoms with Gasteiger partial charge in [-0.05, 0) is 48.3 Å². The van der Waals surface area contributed by atoms with Crippen molar-refractivity contribution in [1.82, 2.24) is 5.16 Å². The summed E-state index contributed by atoms with van der Waals surface area (Å²) in [6.07, 6.45) is 6.94. The lowest BCUT2D eigenvalue weighted by Gasteiger charge is -2.26. The second kappa shape index (κ2) is 5.50. The molecule has 2 fully saturated rings. The van der Waals surface area contributed by atoms with E-state index in [4.69, 9.17) is 16.1 Å². The van der Waals surface area contributed by atoms with E-state index in [1.807, 2.05) is 24.3 Å². The number of rotatable bonds is 5. The summed E-state index contributed by atoms with van der Waals surface area (Å²) in [5, 5.41) is 4.75. The number of halogens is 1. The Morgan fingerprint density at radius 2 is 2.09 bits per heavy atom. The molecule has 1 aromatic carbocycles. The maximum atomic E-state index is 12.4. The minimum atomic E-state index is -0.868. The summed E-state index contributed by atoms with van der Waals surface area (Å²) in [5.41, 5.74) is 3.28. The summed E-state index contributed by atoms with van der Waals surface area (Å²) in [5.74, 6) is 1.96. The molecule has 2 aliphatic carbocycles. The summed E-state index contributed by atoms with van der Waals surface area (Å²) < 4.78 is 17.5. The smallest absolute Gasteiger partial charge is 0.131 e. The maximum absolute atomic E-state index is 12.4. The quantitative estimate of drug-likeness (QED) is 0.811. The molecule has 116 valence electrons. The van der Waals surface area contributed by atoms with E-state index in [1.165, 1.54) is 25.7 Å². The monoisotopic (exact) mass is 335 g/mol. The second-order valence-corrected chi connectivity index (χ2v) is 8.49. The van der Waals surface area contributed by atoms with Gasteiger partial charge in [0.05, 0.1) is 5.75 Å². The van der Waals surface area contributed by atoms with Crippen molar-refractivity contribution in [1.29, 1.82) is 0 Å². The van der Waals surface area contributed by atoms with Gasteiger partial charge in [0.2, 0.25) is 0 Å². The molecule has 4 rings (SSSR count). The molecular formula is C17H18ClNO2S. The Balaban J connectivity index is 1.44. The first kappa shape index (κ1) is 14.5. The van der Waals surface area contributed by atoms with Crippen molar-refractivity contribution in [2.45, 2.75) is 31.4 Å². The third-order valence-electron chi connectivity index (χ3n) is 5.19. The van der Waals surface area contributed by atoms with Crippen LogP contribution in [0, 0.1) is 11.3 Å². The van der Waals surface area contributed by atoms with E-state index < -0.39 is 10.8 Å². The fraction of sp³-hybridized carbons (Fsp3) is 0.471. The van der Waals surface area contributed by atoms with Crippen LogP contribution in [-0.4, -0.2) is 15.1 Å². The van der Waals surface area contributed by atoms with Crippen molar-refractivity contribution in [2.75, 3.05) is 5.75 Å². The fourth-order valence-corrected chi connectivity index (χ4v) is 5.25. The van der Waals surface area contributed by atoms with Gasteiger partial charge in [-0.15, -0.1) is 0 Å². The van der Waals surface area contributed by atoms with Gasteiger partial charge in [-0.2, -0.15) is 0 Å². The SMILES string of the molecule is O=S(Cc1nocc1-c1ccc(Cl)cc1)CC1CC12CCC2. The molecule has 0 bridgehead atoms. The van der Waals surface area contributed by atoms with Crippen LogP contribution < -0.4 is 0 Å². The van der Waals surface area contributed by atoms with Crippen molar-refractivity contribution in [3.05, 3.63) is 41.2 Å². The van der Waals surface area contributed by atoms with Gasteiger partial charge < -0.3 is 4.52 Å². The number of aromatic nitrogens is 1. The summed E-state index contributed by atoms with van der Waals surface area (Å²) in [6.45, 7) is 0. The summed E-state index contributed by atoms with van der Waals surface area (Å²) in [7, 11) is -0.868. The molecule has 0 radical (unpaired) electrons. The average molecular weight is 336 g/mol. The van der Waals surface area contributed by atoms with E-state index in [1.54, 1.807) is 6.26 Å². The Bertz CT molecular complexity index is 706. The number of benzene rings is 1. The molecule has 2 atom stereocenters. The van der Waals surface area contributed by atoms with E-state index in [9.17, 15) is 4.21 Å². The molecule has 0 aliphatic heterocycles. The Labute approximate surface area is 137 Å². The first-order valence-electron chi connectivity index (χ1n) is 7.70. The van der Waals surface area contributed by atoms with E-state index in [-0.39, 0.29) is 0 Å². The summed E-state index contributed by atoms with van der Waals surface area (Å²) in [6, 6.07) is 7.56. The number of hydrogen-bond acceptors (Lipinski definition) is 3. The molecule has 22 heavy (non-hydrogen) atoms. The Kier molecular flexibility index (Phi) is 3.61. The highest BCUT2D eigenvalue weighted by Crippen LogP contribution is 2.65. The van der Waals surface area contributed by atoms with Gasteiger partial charge in [0.1, 0.15) is 12.0 Å². The molecule has 0 amide bonds. The predicted octanol–water partition coefficient (Wildman–Crippen LogP) is 4.43. The van der Waals surface area contributed by atoms with Crippen LogP contribution >= 0.6 is 11.6 Å². The van der Waals surface area contributed by atoms with Crippen LogP contribution in [0.4, 0.5) is 0 Å². The van der Waals surface area contributed by atoms with E-state index >= 15 is 0 Å². The van der Waals surface area contributed by atoms with Gasteiger partial charge in [-0.3, -0.25) is 4.21 Å². The van der Waals surface area contributed by atoms with E-state index in [0.29, 0.717) is 22.1 Å². The van der Waals surface area contributed by atoms with Crippen LogP contribution in [0.5, 0.6) is 0 Å². The van der Waals surface area contributed by atoms with Gasteiger partial charge in [0.15, 0.2) is 0 Å². The van der Waals surface area contributed by atoms with Gasteiger partial charge >= 0.3 is 0 Å². The zero-order valence-electron chi connectivity index (χ0n) is 12.3. The first-order valence-corrected chi connectivity index (χ1v) is 9.57. The highest BCUT2D eigenvalue weighted by molar-refractivity contribution is 7.84. The van der Waals surface area contributed by atoms with Crippen LogP contribution in [0.3, 0.4) is 0 Å². The third kappa shape index (κ3) is 2.63. The van der Waals surface area contributed by atoms with Crippen LogP contribution in [0.1, 0.15) is 31.4 Å². The van der Waals surface area contributed by atoms with Gasteiger partial charge in [0, 0.05) is 27.1 Å². The van der Waals surface area contributed by atoms with Crippen molar-refractivity contribution >= 4 is 22.4 Å². The van der Waals surface area contributed by atoms with Gasteiger partial charge in [-0.1, -0.05) is 35.3 Å². The van der Waals surface area contributed by atoms with E-state index in [0.717, 1.165) is 22.6 Å². The van der Waals surface area contributed by atoms with Gasteiger partial charge in [0.25, 0.3) is 0 Å². The van der Waals surface area contributed by atoms with Crippen molar-refractivity contribution in [3.8, 4) is 11.1 Å². The second-order valence-electron chi connectivity index (χ2n) is 6.55. The van der Waals surface area contributed by atoms with Crippen molar-refractivity contribution < 1.29 is 8.73 Å². The summed E-state index contributed by atoms with van der Waals surface area (Å²) >= 11 is 5.92. The van der Waals surface area contributed by atoms with Crippen molar-refractivity contribution in [3.63, 3.8) is 0 Å². The fourth-order valence-electron chi connectivity index (χ4n) is 3.57. The molecule has 2 aliphatic rings. The van der Waals surface area contributed by atoms with Crippen molar-refractivity contribution in [2.24, 2.45) is 11.3 Å². The maximum Gasteiger partial charge on any atom is 0.131 e. The van der Waals surface area contributed by atoms with E-state index in [2.05, 4.69) is 5.16 Å². The third-order valence-corrected chi connectivity index (χ3v) is 6.81. The average Bonchev–Trinajstić information content (AvgIpc) is 3.01.